The van der Waals surface area contributed by atoms with Crippen LogP contribution >= 0.6 is 0 Å². The van der Waals surface area contributed by atoms with Crippen LogP contribution in [-0.2, 0) is 0 Å². The van der Waals surface area contributed by atoms with Gasteiger partial charge in [-0.05, 0) is 38.0 Å². The van der Waals surface area contributed by atoms with Gasteiger partial charge in [0.05, 0.1) is 0 Å². The summed E-state index contributed by atoms with van der Waals surface area (Å²) in [7, 11) is 0. The largest absolute Gasteiger partial charge is 0.396 e. The molecule has 0 amide bonds. The van der Waals surface area contributed by atoms with E-state index in [-0.39, 0.29) is 0 Å². The van der Waals surface area contributed by atoms with Crippen LogP contribution in [0.25, 0.3) is 0 Å². The second-order valence-corrected chi connectivity index (χ2v) is 3.69. The second-order valence-electron chi connectivity index (χ2n) is 3.69. The summed E-state index contributed by atoms with van der Waals surface area (Å²) in [6.45, 7) is 6.26. The first-order valence-corrected chi connectivity index (χ1v) is 4.66. The van der Waals surface area contributed by atoms with Crippen molar-refractivity contribution in [3.05, 3.63) is 24.3 Å². The normalized spacial score (nSPS) is 29.7. The molecular weight excluding hydrogens is 148 g/mol. The first-order valence-electron chi connectivity index (χ1n) is 4.66. The van der Waals surface area contributed by atoms with Crippen LogP contribution in [0.5, 0.6) is 0 Å². The van der Waals surface area contributed by atoms with Crippen LogP contribution in [0.4, 0.5) is 0 Å². The first-order chi connectivity index (χ1) is 5.77. The molecule has 0 fully saturated rings. The van der Waals surface area contributed by atoms with Crippen molar-refractivity contribution in [3.63, 3.8) is 0 Å². The van der Waals surface area contributed by atoms with E-state index in [1.165, 1.54) is 5.57 Å². The van der Waals surface area contributed by atoms with Crippen LogP contribution in [0.1, 0.15) is 26.2 Å². The van der Waals surface area contributed by atoms with Crippen molar-refractivity contribution in [2.24, 2.45) is 11.8 Å². The van der Waals surface area contributed by atoms with E-state index in [2.05, 4.69) is 19.6 Å². The number of allylic oxidation sites excluding steroid dienone is 3. The Balaban J connectivity index is 2.54. The highest BCUT2D eigenvalue weighted by Crippen LogP contribution is 2.30. The molecule has 1 nitrogen and oxygen atoms in total. The minimum absolute atomic E-state index is 0.331. The van der Waals surface area contributed by atoms with Gasteiger partial charge in [0.25, 0.3) is 0 Å². The Bertz CT molecular complexity index is 181. The molecule has 1 rings (SSSR count). The van der Waals surface area contributed by atoms with E-state index in [1.807, 2.05) is 6.08 Å². The molecular formula is C11H18O. The Morgan fingerprint density at radius 2 is 2.50 bits per heavy atom. The zero-order valence-corrected chi connectivity index (χ0v) is 7.79. The lowest BCUT2D eigenvalue weighted by Gasteiger charge is -2.26. The van der Waals surface area contributed by atoms with E-state index in [9.17, 15) is 0 Å². The number of aliphatic hydroxyl groups excluding tert-OH is 1. The van der Waals surface area contributed by atoms with Gasteiger partial charge in [-0.1, -0.05) is 17.7 Å². The number of hydrogen-bond acceptors (Lipinski definition) is 1. The molecule has 0 aromatic heterocycles. The summed E-state index contributed by atoms with van der Waals surface area (Å²) < 4.78 is 0. The van der Waals surface area contributed by atoms with E-state index in [4.69, 9.17) is 5.11 Å². The summed E-state index contributed by atoms with van der Waals surface area (Å²) in [5.41, 5.74) is 1.47. The van der Waals surface area contributed by atoms with E-state index in [1.54, 1.807) is 0 Å². The van der Waals surface area contributed by atoms with Gasteiger partial charge in [-0.25, -0.2) is 0 Å². The quantitative estimate of drug-likeness (QED) is 0.639. The molecule has 0 aromatic rings. The summed E-state index contributed by atoms with van der Waals surface area (Å²) in [5.74, 6) is 1.12. The van der Waals surface area contributed by atoms with Crippen molar-refractivity contribution < 1.29 is 5.11 Å². The summed E-state index contributed by atoms with van der Waals surface area (Å²) >= 11 is 0. The molecule has 0 aromatic carbocycles. The Kier molecular flexibility index (Phi) is 3.54. The Morgan fingerprint density at radius 1 is 1.75 bits per heavy atom. The summed E-state index contributed by atoms with van der Waals surface area (Å²) in [4.78, 5) is 0. The van der Waals surface area contributed by atoms with Crippen molar-refractivity contribution in [3.8, 4) is 0 Å². The first kappa shape index (κ1) is 9.53. The fraction of sp³-hybridized carbons (Fsp3) is 0.636. The average molecular weight is 166 g/mol. The van der Waals surface area contributed by atoms with Gasteiger partial charge in [0.1, 0.15) is 0 Å². The highest BCUT2D eigenvalue weighted by atomic mass is 16.3. The molecule has 1 N–H and O–H groups in total. The minimum atomic E-state index is 0.331. The lowest BCUT2D eigenvalue weighted by atomic mass is 9.80. The summed E-state index contributed by atoms with van der Waals surface area (Å²) in [5, 5.41) is 9.01. The molecule has 0 spiro atoms. The van der Waals surface area contributed by atoms with Crippen molar-refractivity contribution in [1.82, 2.24) is 0 Å². The van der Waals surface area contributed by atoms with Crippen LogP contribution < -0.4 is 0 Å². The standard InChI is InChI=1S/C11H18O/c1-3-4-11-7-10(8-12)6-5-9(11)2/h3,5,10-12H,1,4,6-8H2,2H3/t10?,11-/m1/s1. The van der Waals surface area contributed by atoms with Gasteiger partial charge in [0.15, 0.2) is 0 Å². The maximum Gasteiger partial charge on any atom is 0.0462 e. The summed E-state index contributed by atoms with van der Waals surface area (Å²) in [6, 6.07) is 0. The van der Waals surface area contributed by atoms with Crippen LogP contribution in [-0.4, -0.2) is 11.7 Å². The molecule has 0 radical (unpaired) electrons. The molecule has 68 valence electrons. The highest BCUT2D eigenvalue weighted by Gasteiger charge is 2.19. The maximum absolute atomic E-state index is 9.01. The molecule has 2 atom stereocenters. The van der Waals surface area contributed by atoms with Gasteiger partial charge in [-0.2, -0.15) is 0 Å². The Labute approximate surface area is 74.8 Å². The van der Waals surface area contributed by atoms with Crippen LogP contribution in [0.2, 0.25) is 0 Å². The highest BCUT2D eigenvalue weighted by molar-refractivity contribution is 5.09. The molecule has 0 saturated heterocycles. The van der Waals surface area contributed by atoms with E-state index < -0.39 is 0 Å². The molecule has 1 aliphatic carbocycles. The van der Waals surface area contributed by atoms with Gasteiger partial charge < -0.3 is 5.11 Å². The van der Waals surface area contributed by atoms with Crippen molar-refractivity contribution in [2.45, 2.75) is 26.2 Å². The fourth-order valence-electron chi connectivity index (χ4n) is 1.84. The lowest BCUT2D eigenvalue weighted by Crippen LogP contribution is -2.17. The SMILES string of the molecule is C=CC[C@@H]1CC(CO)CC=C1C. The molecule has 1 aliphatic rings. The third kappa shape index (κ3) is 2.21. The molecule has 1 unspecified atom stereocenters. The summed E-state index contributed by atoms with van der Waals surface area (Å²) in [6.07, 6.45) is 7.47. The number of hydrogen-bond donors (Lipinski definition) is 1. The Hall–Kier alpha value is -0.560. The third-order valence-electron chi connectivity index (χ3n) is 2.74. The van der Waals surface area contributed by atoms with Gasteiger partial charge in [-0.3, -0.25) is 0 Å². The van der Waals surface area contributed by atoms with Crippen LogP contribution in [0.3, 0.4) is 0 Å². The van der Waals surface area contributed by atoms with Gasteiger partial charge >= 0.3 is 0 Å². The number of aliphatic hydroxyl groups is 1. The van der Waals surface area contributed by atoms with E-state index in [0.717, 1.165) is 19.3 Å². The van der Waals surface area contributed by atoms with Crippen molar-refractivity contribution in [2.75, 3.05) is 6.61 Å². The van der Waals surface area contributed by atoms with Crippen LogP contribution in [0, 0.1) is 11.8 Å². The molecule has 0 aliphatic heterocycles. The van der Waals surface area contributed by atoms with Gasteiger partial charge in [0.2, 0.25) is 0 Å². The van der Waals surface area contributed by atoms with Crippen LogP contribution in [0.15, 0.2) is 24.3 Å². The molecule has 12 heavy (non-hydrogen) atoms. The predicted molar refractivity (Wildman–Crippen MR) is 51.9 cm³/mol. The Morgan fingerprint density at radius 3 is 3.08 bits per heavy atom. The second kappa shape index (κ2) is 4.46. The molecule has 0 bridgehead atoms. The monoisotopic (exact) mass is 166 g/mol. The molecule has 0 heterocycles. The smallest absolute Gasteiger partial charge is 0.0462 e. The lowest BCUT2D eigenvalue weighted by molar-refractivity contribution is 0.201. The fourth-order valence-corrected chi connectivity index (χ4v) is 1.84. The molecule has 1 heteroatoms. The van der Waals surface area contributed by atoms with Gasteiger partial charge in [-0.15, -0.1) is 6.58 Å². The van der Waals surface area contributed by atoms with E-state index in [0.29, 0.717) is 18.4 Å². The topological polar surface area (TPSA) is 20.2 Å². The third-order valence-corrected chi connectivity index (χ3v) is 2.74. The minimum Gasteiger partial charge on any atom is -0.396 e. The predicted octanol–water partition coefficient (Wildman–Crippen LogP) is 2.53. The van der Waals surface area contributed by atoms with E-state index >= 15 is 0 Å². The maximum atomic E-state index is 9.01. The molecule has 0 saturated carbocycles. The number of rotatable bonds is 3. The van der Waals surface area contributed by atoms with Crippen molar-refractivity contribution >= 4 is 0 Å². The van der Waals surface area contributed by atoms with Crippen molar-refractivity contribution in [1.29, 1.82) is 0 Å². The average Bonchev–Trinajstić information content (AvgIpc) is 2.09. The zero-order valence-electron chi connectivity index (χ0n) is 7.79. The van der Waals surface area contributed by atoms with Gasteiger partial charge in [0, 0.05) is 6.61 Å². The zero-order chi connectivity index (χ0) is 8.97.